The summed E-state index contributed by atoms with van der Waals surface area (Å²) in [4.78, 5) is 34.4. The summed E-state index contributed by atoms with van der Waals surface area (Å²) < 4.78 is 26.6. The van der Waals surface area contributed by atoms with E-state index in [4.69, 9.17) is 5.73 Å². The van der Waals surface area contributed by atoms with Gasteiger partial charge in [-0.3, -0.25) is 19.3 Å². The molecule has 8 heteroatoms. The van der Waals surface area contributed by atoms with Gasteiger partial charge >= 0.3 is 11.8 Å². The smallest absolute Gasteiger partial charge is 0.318 e. The molecule has 20 heavy (non-hydrogen) atoms. The number of carbonyl (C=O) groups is 3. The van der Waals surface area contributed by atoms with Crippen molar-refractivity contribution in [2.45, 2.75) is 6.42 Å². The molecule has 1 aromatic rings. The molecule has 3 amide bonds. The average molecular weight is 285 g/mol. The molecular formula is C12H13F2N3O3. The van der Waals surface area contributed by atoms with Gasteiger partial charge in [0.25, 0.3) is 0 Å². The molecule has 3 N–H and O–H groups in total. The van der Waals surface area contributed by atoms with E-state index in [1.807, 2.05) is 0 Å². The SMILES string of the molecule is NCCCN(C=O)C(=O)C(=O)Nc1c(F)cccc1F. The second kappa shape index (κ2) is 7.29. The van der Waals surface area contributed by atoms with Crippen LogP contribution in [0.5, 0.6) is 0 Å². The van der Waals surface area contributed by atoms with E-state index in [1.54, 1.807) is 5.32 Å². The number of hydrogen-bond acceptors (Lipinski definition) is 4. The van der Waals surface area contributed by atoms with Crippen LogP contribution in [0.1, 0.15) is 6.42 Å². The van der Waals surface area contributed by atoms with Crippen LogP contribution in [0.25, 0.3) is 0 Å². The third-order valence-electron chi connectivity index (χ3n) is 2.39. The number of nitrogens with one attached hydrogen (secondary N) is 1. The molecule has 108 valence electrons. The summed E-state index contributed by atoms with van der Waals surface area (Å²) >= 11 is 0. The minimum atomic E-state index is -1.31. The number of benzene rings is 1. The number of rotatable bonds is 5. The van der Waals surface area contributed by atoms with Gasteiger partial charge in [-0.25, -0.2) is 8.78 Å². The van der Waals surface area contributed by atoms with E-state index in [0.29, 0.717) is 11.3 Å². The van der Waals surface area contributed by atoms with Crippen molar-refractivity contribution in [2.24, 2.45) is 5.73 Å². The van der Waals surface area contributed by atoms with Crippen LogP contribution in [0.15, 0.2) is 18.2 Å². The lowest BCUT2D eigenvalue weighted by molar-refractivity contribution is -0.146. The molecular weight excluding hydrogens is 272 g/mol. The van der Waals surface area contributed by atoms with Gasteiger partial charge in [-0.15, -0.1) is 0 Å². The third-order valence-corrected chi connectivity index (χ3v) is 2.39. The first kappa shape index (κ1) is 15.7. The molecule has 6 nitrogen and oxygen atoms in total. The number of halogens is 2. The molecule has 0 saturated carbocycles. The van der Waals surface area contributed by atoms with Crippen LogP contribution in [0.3, 0.4) is 0 Å². The molecule has 0 bridgehead atoms. The van der Waals surface area contributed by atoms with Crippen molar-refractivity contribution in [3.8, 4) is 0 Å². The first-order valence-electron chi connectivity index (χ1n) is 5.72. The van der Waals surface area contributed by atoms with Crippen LogP contribution in [0, 0.1) is 11.6 Å². The fourth-order valence-corrected chi connectivity index (χ4v) is 1.38. The van der Waals surface area contributed by atoms with Crippen LogP contribution in [-0.4, -0.2) is 36.2 Å². The molecule has 0 unspecified atom stereocenters. The maximum atomic E-state index is 13.3. The minimum Gasteiger partial charge on any atom is -0.330 e. The van der Waals surface area contributed by atoms with E-state index in [-0.39, 0.29) is 19.5 Å². The molecule has 0 spiro atoms. The molecule has 0 radical (unpaired) electrons. The van der Waals surface area contributed by atoms with Crippen LogP contribution in [0.4, 0.5) is 14.5 Å². The number of nitrogens with zero attached hydrogens (tertiary/aromatic N) is 1. The second-order valence-corrected chi connectivity index (χ2v) is 3.80. The summed E-state index contributed by atoms with van der Waals surface area (Å²) in [6.45, 7) is 0.174. The largest absolute Gasteiger partial charge is 0.330 e. The Balaban J connectivity index is 2.79. The van der Waals surface area contributed by atoms with Crippen LogP contribution in [-0.2, 0) is 14.4 Å². The van der Waals surface area contributed by atoms with Gasteiger partial charge in [-0.2, -0.15) is 0 Å². The molecule has 1 aromatic carbocycles. The Morgan fingerprint density at radius 3 is 2.40 bits per heavy atom. The van der Waals surface area contributed by atoms with Gasteiger partial charge in [-0.1, -0.05) is 6.07 Å². The number of para-hydroxylation sites is 1. The normalized spacial score (nSPS) is 9.95. The summed E-state index contributed by atoms with van der Waals surface area (Å²) in [5.74, 6) is -4.56. The Labute approximate surface area is 113 Å². The third kappa shape index (κ3) is 3.82. The molecule has 0 fully saturated rings. The first-order chi connectivity index (χ1) is 9.51. The number of amides is 3. The molecule has 0 atom stereocenters. The lowest BCUT2D eigenvalue weighted by Gasteiger charge is -2.14. The van der Waals surface area contributed by atoms with E-state index < -0.39 is 29.1 Å². The van der Waals surface area contributed by atoms with Crippen molar-refractivity contribution in [2.75, 3.05) is 18.4 Å². The maximum Gasteiger partial charge on any atom is 0.318 e. The van der Waals surface area contributed by atoms with Crippen molar-refractivity contribution in [1.29, 1.82) is 0 Å². The predicted molar refractivity (Wildman–Crippen MR) is 66.4 cm³/mol. The zero-order chi connectivity index (χ0) is 15.1. The van der Waals surface area contributed by atoms with E-state index in [0.717, 1.165) is 18.2 Å². The Kier molecular flexibility index (Phi) is 5.73. The molecule has 0 heterocycles. The number of imide groups is 1. The maximum absolute atomic E-state index is 13.3. The zero-order valence-electron chi connectivity index (χ0n) is 10.4. The lowest BCUT2D eigenvalue weighted by Crippen LogP contribution is -2.40. The highest BCUT2D eigenvalue weighted by molar-refractivity contribution is 6.41. The Morgan fingerprint density at radius 1 is 1.30 bits per heavy atom. The number of nitrogens with two attached hydrogens (primary N) is 1. The van der Waals surface area contributed by atoms with E-state index >= 15 is 0 Å². The summed E-state index contributed by atoms with van der Waals surface area (Å²) in [5.41, 5.74) is 4.48. The summed E-state index contributed by atoms with van der Waals surface area (Å²) in [6.07, 6.45) is 0.473. The van der Waals surface area contributed by atoms with Gasteiger partial charge in [0.15, 0.2) is 0 Å². The minimum absolute atomic E-state index is 0.0496. The molecule has 0 saturated heterocycles. The molecule has 0 aliphatic carbocycles. The Morgan fingerprint density at radius 2 is 1.90 bits per heavy atom. The van der Waals surface area contributed by atoms with Crippen molar-refractivity contribution in [3.05, 3.63) is 29.8 Å². The Bertz CT molecular complexity index is 502. The van der Waals surface area contributed by atoms with E-state index in [2.05, 4.69) is 0 Å². The standard InChI is InChI=1S/C12H13F2N3O3/c13-8-3-1-4-9(14)10(8)16-11(19)12(20)17(7-18)6-2-5-15/h1,3-4,7H,2,5-6,15H2,(H,16,19). The molecule has 1 rings (SSSR count). The number of anilines is 1. The molecule has 0 aromatic heterocycles. The summed E-state index contributed by atoms with van der Waals surface area (Å²) in [5, 5.41) is 1.80. The fraction of sp³-hybridized carbons (Fsp3) is 0.250. The van der Waals surface area contributed by atoms with Crippen molar-refractivity contribution >= 4 is 23.9 Å². The highest BCUT2D eigenvalue weighted by Crippen LogP contribution is 2.17. The summed E-state index contributed by atoms with van der Waals surface area (Å²) in [7, 11) is 0. The summed E-state index contributed by atoms with van der Waals surface area (Å²) in [6, 6.07) is 2.96. The van der Waals surface area contributed by atoms with Crippen LogP contribution < -0.4 is 11.1 Å². The van der Waals surface area contributed by atoms with Crippen molar-refractivity contribution in [3.63, 3.8) is 0 Å². The lowest BCUT2D eigenvalue weighted by atomic mass is 10.3. The number of carbonyl (C=O) groups excluding carboxylic acids is 3. The number of hydrogen-bond donors (Lipinski definition) is 2. The highest BCUT2D eigenvalue weighted by Gasteiger charge is 2.23. The van der Waals surface area contributed by atoms with Gasteiger partial charge < -0.3 is 11.1 Å². The fourth-order valence-electron chi connectivity index (χ4n) is 1.38. The zero-order valence-corrected chi connectivity index (χ0v) is 10.4. The van der Waals surface area contributed by atoms with Crippen molar-refractivity contribution in [1.82, 2.24) is 4.90 Å². The average Bonchev–Trinajstić information content (AvgIpc) is 2.43. The first-order valence-corrected chi connectivity index (χ1v) is 5.72. The topological polar surface area (TPSA) is 92.5 Å². The van der Waals surface area contributed by atoms with Gasteiger partial charge in [0, 0.05) is 6.54 Å². The van der Waals surface area contributed by atoms with E-state index in [9.17, 15) is 23.2 Å². The van der Waals surface area contributed by atoms with Gasteiger partial charge in [-0.05, 0) is 25.1 Å². The molecule has 0 aliphatic rings. The quantitative estimate of drug-likeness (QED) is 0.598. The Hall–Kier alpha value is -2.35. The monoisotopic (exact) mass is 285 g/mol. The highest BCUT2D eigenvalue weighted by atomic mass is 19.1. The van der Waals surface area contributed by atoms with Gasteiger partial charge in [0.1, 0.15) is 17.3 Å². The van der Waals surface area contributed by atoms with Crippen molar-refractivity contribution < 1.29 is 23.2 Å². The van der Waals surface area contributed by atoms with Crippen LogP contribution >= 0.6 is 0 Å². The van der Waals surface area contributed by atoms with Gasteiger partial charge in [0.2, 0.25) is 6.41 Å². The molecule has 0 aliphatic heterocycles. The predicted octanol–water partition coefficient (Wildman–Crippen LogP) is 0.237. The van der Waals surface area contributed by atoms with Gasteiger partial charge in [0.05, 0.1) is 0 Å². The van der Waals surface area contributed by atoms with E-state index in [1.165, 1.54) is 0 Å². The van der Waals surface area contributed by atoms with Crippen LogP contribution in [0.2, 0.25) is 0 Å². The second-order valence-electron chi connectivity index (χ2n) is 3.80.